The Hall–Kier alpha value is -2.03. The van der Waals surface area contributed by atoms with Crippen LogP contribution in [0.5, 0.6) is 0 Å². The zero-order valence-electron chi connectivity index (χ0n) is 16.7. The summed E-state index contributed by atoms with van der Waals surface area (Å²) in [5, 5.41) is 10.4. The van der Waals surface area contributed by atoms with Crippen LogP contribution in [0, 0.1) is 0 Å². The molecular formula is C17H21F9N2O4. The Morgan fingerprint density at radius 3 is 2.00 bits per heavy atom. The van der Waals surface area contributed by atoms with Crippen LogP contribution in [-0.4, -0.2) is 65.2 Å². The highest BCUT2D eigenvalue weighted by molar-refractivity contribution is 5.88. The Kier molecular flexibility index (Phi) is 8.27. The predicted octanol–water partition coefficient (Wildman–Crippen LogP) is 3.26. The van der Waals surface area contributed by atoms with Crippen molar-refractivity contribution < 1.29 is 58.9 Å². The van der Waals surface area contributed by atoms with Gasteiger partial charge in [-0.3, -0.25) is 4.79 Å². The van der Waals surface area contributed by atoms with Gasteiger partial charge in [-0.15, -0.1) is 0 Å². The molecule has 4 N–H and O–H groups in total. The van der Waals surface area contributed by atoms with E-state index in [1.54, 1.807) is 13.8 Å². The molecule has 0 heterocycles. The molecule has 3 atom stereocenters. The molecule has 1 aliphatic carbocycles. The summed E-state index contributed by atoms with van der Waals surface area (Å²) in [7, 11) is 0. The maximum Gasteiger partial charge on any atom is 0.460 e. The van der Waals surface area contributed by atoms with Crippen molar-refractivity contribution >= 4 is 11.9 Å². The lowest BCUT2D eigenvalue weighted by Crippen LogP contribution is -2.68. The van der Waals surface area contributed by atoms with E-state index in [9.17, 15) is 49.1 Å². The van der Waals surface area contributed by atoms with Gasteiger partial charge < -0.3 is 20.9 Å². The molecule has 0 radical (unpaired) electrons. The van der Waals surface area contributed by atoms with Crippen LogP contribution in [0.25, 0.3) is 0 Å². The Balaban J connectivity index is 3.30. The highest BCUT2D eigenvalue weighted by Crippen LogP contribution is 2.53. The largest absolute Gasteiger partial charge is 0.478 e. The Morgan fingerprint density at radius 1 is 1.09 bits per heavy atom. The van der Waals surface area contributed by atoms with E-state index in [1.807, 2.05) is 0 Å². The number of aliphatic carboxylic acids is 1. The highest BCUT2D eigenvalue weighted by Gasteiger charge is 2.83. The minimum atomic E-state index is -7.24. The fraction of sp³-hybridized carbons (Fsp3) is 0.765. The number of carboxylic acid groups (broad SMARTS) is 1. The standard InChI is InChI=1S/C17H21F9N2O4/c1-3-8(4-2)32-10-6-7(12(29)30)5-9(27)11(10)28-13(31)14(18,19)15(20,21)16(22,23)17(24,25)26/h6,8-11H,3-5,27H2,1-2H3,(H,28,31)(H,29,30). The van der Waals surface area contributed by atoms with Gasteiger partial charge in [0.15, 0.2) is 0 Å². The average Bonchev–Trinajstić information content (AvgIpc) is 2.66. The predicted molar refractivity (Wildman–Crippen MR) is 90.4 cm³/mol. The number of rotatable bonds is 9. The Bertz CT molecular complexity index is 736. The molecule has 32 heavy (non-hydrogen) atoms. The molecule has 0 aromatic rings. The molecule has 0 fully saturated rings. The number of carbonyl (C=O) groups is 2. The van der Waals surface area contributed by atoms with Gasteiger partial charge in [-0.2, -0.15) is 39.5 Å². The van der Waals surface area contributed by atoms with E-state index in [-0.39, 0.29) is 5.57 Å². The molecule has 0 spiro atoms. The van der Waals surface area contributed by atoms with E-state index in [0.717, 1.165) is 6.08 Å². The number of carbonyl (C=O) groups excluding carboxylic acids is 1. The van der Waals surface area contributed by atoms with E-state index in [4.69, 9.17) is 15.6 Å². The number of nitrogens with two attached hydrogens (primary N) is 1. The van der Waals surface area contributed by atoms with E-state index in [2.05, 4.69) is 0 Å². The van der Waals surface area contributed by atoms with Crippen molar-refractivity contribution in [3.8, 4) is 0 Å². The molecule has 186 valence electrons. The first-order valence-corrected chi connectivity index (χ1v) is 9.21. The summed E-state index contributed by atoms with van der Waals surface area (Å²) in [6.45, 7) is 3.25. The quantitative estimate of drug-likeness (QED) is 0.433. The summed E-state index contributed by atoms with van der Waals surface area (Å²) in [5.74, 6) is -25.5. The first-order chi connectivity index (χ1) is 14.3. The molecule has 0 saturated heterocycles. The average molecular weight is 488 g/mol. The topological polar surface area (TPSA) is 102 Å². The number of ether oxygens (including phenoxy) is 1. The third-order valence-corrected chi connectivity index (χ3v) is 4.90. The lowest BCUT2D eigenvalue weighted by molar-refractivity contribution is -0.388. The first-order valence-electron chi connectivity index (χ1n) is 9.21. The molecule has 0 aromatic carbocycles. The summed E-state index contributed by atoms with van der Waals surface area (Å²) < 4.78 is 123. The molecule has 0 saturated carbocycles. The van der Waals surface area contributed by atoms with Crippen molar-refractivity contribution in [2.45, 2.75) is 81.3 Å². The van der Waals surface area contributed by atoms with E-state index < -0.39 is 66.5 Å². The van der Waals surface area contributed by atoms with Gasteiger partial charge >= 0.3 is 29.9 Å². The van der Waals surface area contributed by atoms with Gasteiger partial charge in [0.05, 0.1) is 18.2 Å². The Labute approximate surface area is 175 Å². The molecule has 3 unspecified atom stereocenters. The van der Waals surface area contributed by atoms with Crippen molar-refractivity contribution in [1.82, 2.24) is 5.32 Å². The van der Waals surface area contributed by atoms with Crippen LogP contribution in [0.2, 0.25) is 0 Å². The summed E-state index contributed by atoms with van der Waals surface area (Å²) in [6.07, 6.45) is -8.35. The van der Waals surface area contributed by atoms with Gasteiger partial charge in [-0.1, -0.05) is 13.8 Å². The summed E-state index contributed by atoms with van der Waals surface area (Å²) in [6, 6.07) is -3.35. The SMILES string of the molecule is CCC(CC)OC1C=C(C(=O)O)CC(N)C1NC(=O)C(F)(F)C(F)(F)C(F)(F)C(F)(F)F. The molecule has 15 heteroatoms. The smallest absolute Gasteiger partial charge is 0.460 e. The number of halogens is 9. The number of carboxylic acids is 1. The first kappa shape index (κ1) is 28.0. The second kappa shape index (κ2) is 9.45. The van der Waals surface area contributed by atoms with E-state index >= 15 is 0 Å². The van der Waals surface area contributed by atoms with Crippen molar-refractivity contribution in [3.63, 3.8) is 0 Å². The van der Waals surface area contributed by atoms with Crippen LogP contribution in [-0.2, 0) is 14.3 Å². The molecule has 6 nitrogen and oxygen atoms in total. The van der Waals surface area contributed by atoms with Gasteiger partial charge in [0, 0.05) is 11.6 Å². The highest BCUT2D eigenvalue weighted by atomic mass is 19.4. The van der Waals surface area contributed by atoms with Crippen LogP contribution in [0.3, 0.4) is 0 Å². The second-order valence-corrected chi connectivity index (χ2v) is 7.12. The van der Waals surface area contributed by atoms with Gasteiger partial charge in [-0.25, -0.2) is 4.79 Å². The van der Waals surface area contributed by atoms with Crippen LogP contribution >= 0.6 is 0 Å². The molecule has 0 bridgehead atoms. The fourth-order valence-electron chi connectivity index (χ4n) is 2.93. The van der Waals surface area contributed by atoms with Crippen molar-refractivity contribution in [2.75, 3.05) is 0 Å². The van der Waals surface area contributed by atoms with E-state index in [1.165, 1.54) is 5.32 Å². The fourth-order valence-corrected chi connectivity index (χ4v) is 2.93. The normalized spacial score (nSPS) is 23.2. The number of nitrogens with one attached hydrogen (secondary N) is 1. The van der Waals surface area contributed by atoms with E-state index in [0.29, 0.717) is 12.8 Å². The number of hydrogen-bond donors (Lipinski definition) is 3. The monoisotopic (exact) mass is 488 g/mol. The third-order valence-electron chi connectivity index (χ3n) is 4.90. The van der Waals surface area contributed by atoms with Crippen LogP contribution in [0.4, 0.5) is 39.5 Å². The number of amides is 1. The summed E-state index contributed by atoms with van der Waals surface area (Å²) in [5.41, 5.74) is 5.29. The number of hydrogen-bond acceptors (Lipinski definition) is 4. The Morgan fingerprint density at radius 2 is 1.59 bits per heavy atom. The maximum absolute atomic E-state index is 13.9. The van der Waals surface area contributed by atoms with Gasteiger partial charge in [0.2, 0.25) is 0 Å². The molecule has 1 amide bonds. The van der Waals surface area contributed by atoms with Crippen LogP contribution in [0.1, 0.15) is 33.1 Å². The zero-order chi connectivity index (χ0) is 25.3. The third kappa shape index (κ3) is 5.13. The van der Waals surface area contributed by atoms with Crippen molar-refractivity contribution in [3.05, 3.63) is 11.6 Å². The number of alkyl halides is 9. The van der Waals surface area contributed by atoms with Crippen LogP contribution in [0.15, 0.2) is 11.6 Å². The summed E-state index contributed by atoms with van der Waals surface area (Å²) in [4.78, 5) is 23.0. The minimum absolute atomic E-state index is 0.311. The lowest BCUT2D eigenvalue weighted by Gasteiger charge is -2.38. The second-order valence-electron chi connectivity index (χ2n) is 7.12. The molecule has 0 aliphatic heterocycles. The van der Waals surface area contributed by atoms with Gasteiger partial charge in [0.1, 0.15) is 0 Å². The van der Waals surface area contributed by atoms with Gasteiger partial charge in [-0.05, 0) is 25.3 Å². The van der Waals surface area contributed by atoms with Gasteiger partial charge in [0.25, 0.3) is 5.91 Å². The lowest BCUT2D eigenvalue weighted by atomic mass is 9.87. The molecule has 1 rings (SSSR count). The molecule has 1 aliphatic rings. The van der Waals surface area contributed by atoms with Crippen molar-refractivity contribution in [2.24, 2.45) is 5.73 Å². The molecule has 0 aromatic heterocycles. The van der Waals surface area contributed by atoms with Crippen molar-refractivity contribution in [1.29, 1.82) is 0 Å². The zero-order valence-corrected chi connectivity index (χ0v) is 16.7. The molecular weight excluding hydrogens is 467 g/mol. The van der Waals surface area contributed by atoms with Crippen LogP contribution < -0.4 is 11.1 Å². The summed E-state index contributed by atoms with van der Waals surface area (Å²) >= 11 is 0. The maximum atomic E-state index is 13.9. The minimum Gasteiger partial charge on any atom is -0.478 e.